The smallest absolute Gasteiger partial charge is 0.313 e. The molecule has 2 aliphatic carbocycles. The van der Waals surface area contributed by atoms with Gasteiger partial charge in [0.25, 0.3) is 0 Å². The average Bonchev–Trinajstić information content (AvgIpc) is 3.33. The van der Waals surface area contributed by atoms with Crippen molar-refractivity contribution in [2.75, 3.05) is 6.61 Å². The Balaban J connectivity index is 1.62. The lowest BCUT2D eigenvalue weighted by molar-refractivity contribution is -0.201. The van der Waals surface area contributed by atoms with E-state index in [0.717, 1.165) is 0 Å². The molecule has 0 amide bonds. The summed E-state index contributed by atoms with van der Waals surface area (Å²) in [6.45, 7) is 2.05. The Labute approximate surface area is 156 Å². The molecule has 4 aliphatic rings. The summed E-state index contributed by atoms with van der Waals surface area (Å²) in [5.74, 6) is -1.20. The number of rotatable bonds is 1. The minimum Gasteiger partial charge on any atom is -0.465 e. The molecule has 2 aliphatic heterocycles. The van der Waals surface area contributed by atoms with Gasteiger partial charge in [-0.2, -0.15) is 0 Å². The van der Waals surface area contributed by atoms with Crippen LogP contribution in [0.15, 0.2) is 22.8 Å². The summed E-state index contributed by atoms with van der Waals surface area (Å²) in [4.78, 5) is 25.6. The van der Waals surface area contributed by atoms with Crippen LogP contribution in [0.5, 0.6) is 0 Å². The fraction of sp³-hybridized carbons (Fsp3) is 0.700. The Kier molecular flexibility index (Phi) is 3.56. The third kappa shape index (κ3) is 2.04. The van der Waals surface area contributed by atoms with Crippen molar-refractivity contribution in [3.8, 4) is 0 Å². The molecule has 0 bridgehead atoms. The number of cyclic esters (lactones) is 2. The number of carbonyl (C=O) groups excluding carboxylic acids is 2. The SMILES string of the molecule is C[C@@H]1C[C@@H](O)[C@@]23COC(=O)[C@@H]2C[C@@H](O)C[C@@H]3[C@@]12C[C@@H](c1ccco1)OC2=O. The minimum atomic E-state index is -0.871. The number of aliphatic hydroxyl groups is 2. The summed E-state index contributed by atoms with van der Waals surface area (Å²) < 4.78 is 16.6. The van der Waals surface area contributed by atoms with Gasteiger partial charge in [0.05, 0.1) is 29.8 Å². The molecule has 2 saturated heterocycles. The van der Waals surface area contributed by atoms with Crippen LogP contribution in [0.1, 0.15) is 44.5 Å². The molecule has 4 fully saturated rings. The van der Waals surface area contributed by atoms with Gasteiger partial charge in [0.1, 0.15) is 12.4 Å². The molecule has 1 aromatic rings. The van der Waals surface area contributed by atoms with Crippen LogP contribution >= 0.6 is 0 Å². The molecule has 5 rings (SSSR count). The number of aliphatic hydroxyl groups excluding tert-OH is 2. The molecule has 2 spiro atoms. The van der Waals surface area contributed by atoms with Gasteiger partial charge in [-0.15, -0.1) is 0 Å². The Morgan fingerprint density at radius 2 is 2.00 bits per heavy atom. The van der Waals surface area contributed by atoms with Crippen molar-refractivity contribution in [1.29, 1.82) is 0 Å². The molecular weight excluding hydrogens is 352 g/mol. The number of furan rings is 1. The molecule has 1 aromatic heterocycles. The maximum absolute atomic E-state index is 13.2. The molecule has 7 nitrogen and oxygen atoms in total. The van der Waals surface area contributed by atoms with Crippen molar-refractivity contribution >= 4 is 11.9 Å². The van der Waals surface area contributed by atoms with Gasteiger partial charge in [-0.1, -0.05) is 6.92 Å². The van der Waals surface area contributed by atoms with E-state index in [1.807, 2.05) is 6.92 Å². The Hall–Kier alpha value is -1.86. The molecule has 8 atom stereocenters. The Bertz CT molecular complexity index is 773. The molecule has 2 N–H and O–H groups in total. The van der Waals surface area contributed by atoms with E-state index in [2.05, 4.69) is 0 Å². The highest BCUT2D eigenvalue weighted by atomic mass is 16.6. The third-order valence-electron chi connectivity index (χ3n) is 7.77. The molecule has 0 aromatic carbocycles. The highest BCUT2D eigenvalue weighted by molar-refractivity contribution is 5.82. The van der Waals surface area contributed by atoms with Gasteiger partial charge in [0, 0.05) is 11.8 Å². The average molecular weight is 376 g/mol. The van der Waals surface area contributed by atoms with E-state index >= 15 is 0 Å². The van der Waals surface area contributed by atoms with Crippen molar-refractivity contribution in [2.24, 2.45) is 28.6 Å². The summed E-state index contributed by atoms with van der Waals surface area (Å²) in [5, 5.41) is 21.5. The quantitative estimate of drug-likeness (QED) is 0.717. The van der Waals surface area contributed by atoms with Gasteiger partial charge >= 0.3 is 11.9 Å². The molecular formula is C20H24O7. The van der Waals surface area contributed by atoms with Crippen molar-refractivity contribution in [1.82, 2.24) is 0 Å². The summed E-state index contributed by atoms with van der Waals surface area (Å²) >= 11 is 0. The maximum Gasteiger partial charge on any atom is 0.313 e. The van der Waals surface area contributed by atoms with E-state index in [1.165, 1.54) is 0 Å². The van der Waals surface area contributed by atoms with Gasteiger partial charge in [0.2, 0.25) is 0 Å². The first kappa shape index (κ1) is 17.3. The van der Waals surface area contributed by atoms with E-state index < -0.39 is 35.1 Å². The number of esters is 2. The fourth-order valence-corrected chi connectivity index (χ4v) is 6.48. The van der Waals surface area contributed by atoms with Gasteiger partial charge in [-0.3, -0.25) is 9.59 Å². The van der Waals surface area contributed by atoms with Crippen molar-refractivity contribution in [2.45, 2.75) is 50.9 Å². The van der Waals surface area contributed by atoms with Crippen LogP contribution in [0.2, 0.25) is 0 Å². The summed E-state index contributed by atoms with van der Waals surface area (Å²) in [5.41, 5.74) is -1.70. The summed E-state index contributed by atoms with van der Waals surface area (Å²) in [6.07, 6.45) is 1.06. The molecule has 7 heteroatoms. The summed E-state index contributed by atoms with van der Waals surface area (Å²) in [6, 6.07) is 3.55. The highest BCUT2D eigenvalue weighted by Crippen LogP contribution is 2.68. The monoisotopic (exact) mass is 376 g/mol. The van der Waals surface area contributed by atoms with E-state index in [0.29, 0.717) is 25.0 Å². The topological polar surface area (TPSA) is 106 Å². The normalized spacial score (nSPS) is 48.9. The zero-order valence-corrected chi connectivity index (χ0v) is 15.2. The highest BCUT2D eigenvalue weighted by Gasteiger charge is 2.73. The van der Waals surface area contributed by atoms with E-state index in [-0.39, 0.29) is 36.8 Å². The van der Waals surface area contributed by atoms with Crippen molar-refractivity contribution in [3.63, 3.8) is 0 Å². The first-order valence-electron chi connectivity index (χ1n) is 9.67. The second kappa shape index (κ2) is 5.58. The van der Waals surface area contributed by atoms with Crippen LogP contribution < -0.4 is 0 Å². The van der Waals surface area contributed by atoms with Gasteiger partial charge < -0.3 is 24.1 Å². The Morgan fingerprint density at radius 3 is 2.74 bits per heavy atom. The maximum atomic E-state index is 13.2. The van der Waals surface area contributed by atoms with E-state index in [9.17, 15) is 19.8 Å². The molecule has 27 heavy (non-hydrogen) atoms. The van der Waals surface area contributed by atoms with Crippen LogP contribution in [0, 0.1) is 28.6 Å². The van der Waals surface area contributed by atoms with E-state index in [1.54, 1.807) is 18.4 Å². The molecule has 2 saturated carbocycles. The van der Waals surface area contributed by atoms with Crippen LogP contribution in [0.3, 0.4) is 0 Å². The minimum absolute atomic E-state index is 0.0994. The number of carbonyl (C=O) groups is 2. The largest absolute Gasteiger partial charge is 0.465 e. The predicted octanol–water partition coefficient (Wildman–Crippen LogP) is 1.58. The first-order chi connectivity index (χ1) is 12.9. The number of ether oxygens (including phenoxy) is 2. The second-order valence-corrected chi connectivity index (χ2v) is 8.76. The number of hydrogen-bond donors (Lipinski definition) is 2. The summed E-state index contributed by atoms with van der Waals surface area (Å²) in [7, 11) is 0. The first-order valence-corrected chi connectivity index (χ1v) is 9.67. The van der Waals surface area contributed by atoms with Gasteiger partial charge in [-0.25, -0.2) is 0 Å². The van der Waals surface area contributed by atoms with Crippen LogP contribution in [0.25, 0.3) is 0 Å². The van der Waals surface area contributed by atoms with Crippen molar-refractivity contribution < 1.29 is 33.7 Å². The standard InChI is InChI=1S/C20H24O7/c1-10-5-16(22)20-9-26-17(23)12(20)6-11(21)7-15(20)19(10)8-14(27-18(19)24)13-3-2-4-25-13/h2-4,10-12,14-16,21-22H,5-9H2,1H3/t10-,11-,12+,14+,15-,16-,19-,20+/m1/s1. The van der Waals surface area contributed by atoms with Crippen LogP contribution in [-0.2, 0) is 19.1 Å². The molecule has 0 radical (unpaired) electrons. The number of hydrogen-bond acceptors (Lipinski definition) is 7. The lowest BCUT2D eigenvalue weighted by atomic mass is 9.43. The van der Waals surface area contributed by atoms with E-state index in [4.69, 9.17) is 13.9 Å². The fourth-order valence-electron chi connectivity index (χ4n) is 6.48. The number of fused-ring (bicyclic) bond motifs is 1. The third-order valence-corrected chi connectivity index (χ3v) is 7.77. The van der Waals surface area contributed by atoms with Crippen molar-refractivity contribution in [3.05, 3.63) is 24.2 Å². The Morgan fingerprint density at radius 1 is 1.19 bits per heavy atom. The molecule has 146 valence electrons. The zero-order valence-electron chi connectivity index (χ0n) is 15.2. The molecule has 0 unspecified atom stereocenters. The molecule has 3 heterocycles. The lowest BCUT2D eigenvalue weighted by Gasteiger charge is -2.58. The van der Waals surface area contributed by atoms with Crippen LogP contribution in [0.4, 0.5) is 0 Å². The van der Waals surface area contributed by atoms with Gasteiger partial charge in [0.15, 0.2) is 6.10 Å². The van der Waals surface area contributed by atoms with Gasteiger partial charge in [-0.05, 0) is 43.2 Å². The predicted molar refractivity (Wildman–Crippen MR) is 90.0 cm³/mol. The lowest BCUT2D eigenvalue weighted by Crippen LogP contribution is -2.64. The van der Waals surface area contributed by atoms with Crippen LogP contribution in [-0.4, -0.2) is 41.0 Å². The zero-order chi connectivity index (χ0) is 19.0. The second-order valence-electron chi connectivity index (χ2n) is 8.76.